The zero-order valence-electron chi connectivity index (χ0n) is 9.74. The summed E-state index contributed by atoms with van der Waals surface area (Å²) in [5.41, 5.74) is 1.01. The van der Waals surface area contributed by atoms with Gasteiger partial charge >= 0.3 is 0 Å². The first kappa shape index (κ1) is 13.6. The van der Waals surface area contributed by atoms with Crippen molar-refractivity contribution in [3.63, 3.8) is 0 Å². The normalized spacial score (nSPS) is 10.4. The largest absolute Gasteiger partial charge is 0.493 e. The van der Waals surface area contributed by atoms with Crippen molar-refractivity contribution in [3.05, 3.63) is 38.2 Å². The Labute approximate surface area is 123 Å². The fraction of sp³-hybridized carbons (Fsp3) is 0.250. The van der Waals surface area contributed by atoms with Gasteiger partial charge in [-0.2, -0.15) is 0 Å². The maximum absolute atomic E-state index is 5.78. The Morgan fingerprint density at radius 1 is 1.50 bits per heavy atom. The van der Waals surface area contributed by atoms with Gasteiger partial charge in [-0.15, -0.1) is 11.3 Å². The van der Waals surface area contributed by atoms with Crippen LogP contribution < -0.4 is 10.1 Å². The van der Waals surface area contributed by atoms with Crippen LogP contribution in [-0.2, 0) is 6.54 Å². The highest BCUT2D eigenvalue weighted by Crippen LogP contribution is 2.28. The van der Waals surface area contributed by atoms with Gasteiger partial charge in [0.15, 0.2) is 4.47 Å². The number of hydrogen-bond donors (Lipinski definition) is 1. The number of thiazole rings is 1. The van der Waals surface area contributed by atoms with Crippen LogP contribution in [-0.4, -0.2) is 11.6 Å². The summed E-state index contributed by atoms with van der Waals surface area (Å²) in [5.74, 6) is 0.838. The molecule has 3 nitrogen and oxygen atoms in total. The molecule has 2 rings (SSSR count). The Morgan fingerprint density at radius 2 is 2.33 bits per heavy atom. The molecule has 1 heterocycles. The van der Waals surface area contributed by atoms with E-state index in [0.717, 1.165) is 20.8 Å². The highest BCUT2D eigenvalue weighted by Gasteiger charge is 2.03. The summed E-state index contributed by atoms with van der Waals surface area (Å²) in [6.07, 6.45) is 1.78. The molecule has 1 aromatic heterocycles. The number of anilines is 1. The summed E-state index contributed by atoms with van der Waals surface area (Å²) in [4.78, 5) is 5.10. The predicted molar refractivity (Wildman–Crippen MR) is 79.8 cm³/mol. The van der Waals surface area contributed by atoms with E-state index in [1.54, 1.807) is 6.20 Å². The van der Waals surface area contributed by atoms with Gasteiger partial charge in [0.2, 0.25) is 0 Å². The van der Waals surface area contributed by atoms with Gasteiger partial charge in [-0.25, -0.2) is 4.98 Å². The van der Waals surface area contributed by atoms with Crippen LogP contribution in [0.3, 0.4) is 0 Å². The lowest BCUT2D eigenvalue weighted by Gasteiger charge is -2.09. The van der Waals surface area contributed by atoms with Crippen molar-refractivity contribution in [1.82, 2.24) is 4.98 Å². The van der Waals surface area contributed by atoms with Crippen LogP contribution in [0.15, 0.2) is 28.9 Å². The molecule has 0 amide bonds. The summed E-state index contributed by atoms with van der Waals surface area (Å²) in [5, 5.41) is 3.31. The van der Waals surface area contributed by atoms with E-state index in [4.69, 9.17) is 16.3 Å². The fourth-order valence-electron chi connectivity index (χ4n) is 1.43. The first-order valence-corrected chi connectivity index (χ1v) is 7.44. The third-order valence-electron chi connectivity index (χ3n) is 2.22. The van der Waals surface area contributed by atoms with E-state index in [9.17, 15) is 0 Å². The van der Waals surface area contributed by atoms with Crippen molar-refractivity contribution < 1.29 is 4.74 Å². The molecule has 1 aromatic carbocycles. The van der Waals surface area contributed by atoms with Gasteiger partial charge < -0.3 is 10.1 Å². The van der Waals surface area contributed by atoms with Crippen molar-refractivity contribution in [3.8, 4) is 5.75 Å². The Kier molecular flexibility index (Phi) is 4.86. The van der Waals surface area contributed by atoms with Gasteiger partial charge in [0.05, 0.1) is 17.6 Å². The van der Waals surface area contributed by atoms with Crippen molar-refractivity contribution in [1.29, 1.82) is 0 Å². The second kappa shape index (κ2) is 6.41. The molecule has 0 unspecified atom stereocenters. The van der Waals surface area contributed by atoms with E-state index in [1.807, 2.05) is 25.1 Å². The van der Waals surface area contributed by atoms with E-state index < -0.39 is 0 Å². The molecular weight excluding hydrogens is 336 g/mol. The lowest BCUT2D eigenvalue weighted by Crippen LogP contribution is -1.99. The minimum Gasteiger partial charge on any atom is -0.493 e. The van der Waals surface area contributed by atoms with Crippen molar-refractivity contribution in [2.24, 2.45) is 0 Å². The third kappa shape index (κ3) is 3.60. The van der Waals surface area contributed by atoms with E-state index in [-0.39, 0.29) is 0 Å². The number of rotatable bonds is 5. The fourth-order valence-corrected chi connectivity index (χ4v) is 2.71. The van der Waals surface area contributed by atoms with Gasteiger partial charge in [-0.1, -0.05) is 11.6 Å². The second-order valence-corrected chi connectivity index (χ2v) is 6.06. The summed E-state index contributed by atoms with van der Waals surface area (Å²) in [7, 11) is 0. The van der Waals surface area contributed by atoms with E-state index in [2.05, 4.69) is 26.2 Å². The van der Waals surface area contributed by atoms with Gasteiger partial charge in [0.25, 0.3) is 0 Å². The van der Waals surface area contributed by atoms with Crippen LogP contribution in [0, 0.1) is 0 Å². The summed E-state index contributed by atoms with van der Waals surface area (Å²) in [6.45, 7) is 3.32. The van der Waals surface area contributed by atoms with Crippen LogP contribution in [0.5, 0.6) is 5.75 Å². The van der Waals surface area contributed by atoms with Gasteiger partial charge in [0.1, 0.15) is 5.75 Å². The van der Waals surface area contributed by atoms with Crippen LogP contribution in [0.2, 0.25) is 4.47 Å². The Bertz CT molecular complexity index is 533. The summed E-state index contributed by atoms with van der Waals surface area (Å²) < 4.78 is 7.04. The van der Waals surface area contributed by atoms with Crippen LogP contribution >= 0.6 is 38.9 Å². The average Bonchev–Trinajstić information content (AvgIpc) is 2.76. The number of ether oxygens (including phenoxy) is 1. The number of halogens is 2. The smallest absolute Gasteiger partial charge is 0.183 e. The van der Waals surface area contributed by atoms with Crippen molar-refractivity contribution >= 4 is 44.6 Å². The van der Waals surface area contributed by atoms with E-state index >= 15 is 0 Å². The summed E-state index contributed by atoms with van der Waals surface area (Å²) >= 11 is 10.7. The molecule has 0 spiro atoms. The lowest BCUT2D eigenvalue weighted by atomic mass is 10.3. The monoisotopic (exact) mass is 346 g/mol. The first-order chi connectivity index (χ1) is 8.69. The van der Waals surface area contributed by atoms with Gasteiger partial charge in [-0.3, -0.25) is 0 Å². The maximum atomic E-state index is 5.78. The molecule has 0 fully saturated rings. The van der Waals surface area contributed by atoms with E-state index in [1.165, 1.54) is 11.3 Å². The average molecular weight is 348 g/mol. The van der Waals surface area contributed by atoms with Crippen LogP contribution in [0.1, 0.15) is 11.8 Å². The second-order valence-electron chi connectivity index (χ2n) is 3.51. The van der Waals surface area contributed by atoms with Crippen LogP contribution in [0.4, 0.5) is 5.69 Å². The predicted octanol–water partition coefficient (Wildman–Crippen LogP) is 4.57. The zero-order chi connectivity index (χ0) is 13.0. The Balaban J connectivity index is 2.03. The molecular formula is C12H12BrClN2OS. The van der Waals surface area contributed by atoms with Crippen LogP contribution in [0.25, 0.3) is 0 Å². The quantitative estimate of drug-likeness (QED) is 0.860. The molecule has 0 aliphatic carbocycles. The standard InChI is InChI=1S/C12H12BrClN2OS/c1-2-17-11-5-8(3-4-10(11)13)15-6-9-7-16-12(14)18-9/h3-5,7,15H,2,6H2,1H3. The molecule has 0 saturated carbocycles. The topological polar surface area (TPSA) is 34.1 Å². The molecule has 1 N–H and O–H groups in total. The molecule has 96 valence electrons. The SMILES string of the molecule is CCOc1cc(NCc2cnc(Cl)s2)ccc1Br. The molecule has 0 saturated heterocycles. The highest BCUT2D eigenvalue weighted by molar-refractivity contribution is 9.10. The van der Waals surface area contributed by atoms with Gasteiger partial charge in [0, 0.05) is 22.8 Å². The zero-order valence-corrected chi connectivity index (χ0v) is 12.9. The molecule has 6 heteroatoms. The molecule has 0 aliphatic heterocycles. The number of benzene rings is 1. The lowest BCUT2D eigenvalue weighted by molar-refractivity contribution is 0.338. The third-order valence-corrected chi connectivity index (χ3v) is 3.99. The molecule has 18 heavy (non-hydrogen) atoms. The number of nitrogens with one attached hydrogen (secondary N) is 1. The summed E-state index contributed by atoms with van der Waals surface area (Å²) in [6, 6.07) is 5.93. The minimum absolute atomic E-state index is 0.567. The number of aromatic nitrogens is 1. The maximum Gasteiger partial charge on any atom is 0.183 e. The first-order valence-electron chi connectivity index (χ1n) is 5.45. The minimum atomic E-state index is 0.567. The Morgan fingerprint density at radius 3 is 3.00 bits per heavy atom. The van der Waals surface area contributed by atoms with E-state index in [0.29, 0.717) is 17.6 Å². The van der Waals surface area contributed by atoms with Crippen molar-refractivity contribution in [2.45, 2.75) is 13.5 Å². The highest BCUT2D eigenvalue weighted by atomic mass is 79.9. The number of hydrogen-bond acceptors (Lipinski definition) is 4. The molecule has 0 atom stereocenters. The molecule has 0 radical (unpaired) electrons. The molecule has 2 aromatic rings. The van der Waals surface area contributed by atoms with Crippen molar-refractivity contribution in [2.75, 3.05) is 11.9 Å². The number of nitrogens with zero attached hydrogens (tertiary/aromatic N) is 1. The molecule has 0 aliphatic rings. The molecule has 0 bridgehead atoms. The van der Waals surface area contributed by atoms with Gasteiger partial charge in [-0.05, 0) is 35.0 Å². The Hall–Kier alpha value is -0.780.